The third-order valence-electron chi connectivity index (χ3n) is 4.38. The molecule has 0 bridgehead atoms. The van der Waals surface area contributed by atoms with Gasteiger partial charge in [0.05, 0.1) is 0 Å². The Morgan fingerprint density at radius 1 is 1.37 bits per heavy atom. The van der Waals surface area contributed by atoms with Crippen LogP contribution in [0.15, 0.2) is 12.2 Å². The summed E-state index contributed by atoms with van der Waals surface area (Å²) in [5, 5.41) is 0.170. The first-order valence-electron chi connectivity index (χ1n) is 7.31. The molecular formula is C15H32NO2Si-. The molecule has 2 atom stereocenters. The predicted octanol–water partition coefficient (Wildman–Crippen LogP) is 3.59. The van der Waals surface area contributed by atoms with Crippen LogP contribution in [0.5, 0.6) is 0 Å². The number of hydrogen-bond donors (Lipinski definition) is 1. The molecule has 114 valence electrons. The van der Waals surface area contributed by atoms with Crippen molar-refractivity contribution in [1.29, 1.82) is 0 Å². The van der Waals surface area contributed by atoms with E-state index in [0.717, 1.165) is 6.42 Å². The molecule has 1 unspecified atom stereocenters. The zero-order valence-electron chi connectivity index (χ0n) is 13.7. The molecule has 1 amide bonds. The molecule has 0 aromatic carbocycles. The molecule has 0 heterocycles. The monoisotopic (exact) mass is 286 g/mol. The number of primary amides is 1. The average molecular weight is 287 g/mol. The van der Waals surface area contributed by atoms with Crippen LogP contribution >= 0.6 is 0 Å². The maximum atomic E-state index is 11.3. The van der Waals surface area contributed by atoms with Crippen molar-refractivity contribution in [3.05, 3.63) is 12.2 Å². The van der Waals surface area contributed by atoms with Crippen molar-refractivity contribution >= 4 is 14.2 Å². The first-order chi connectivity index (χ1) is 8.51. The van der Waals surface area contributed by atoms with Crippen LogP contribution in [0.1, 0.15) is 47.5 Å². The summed E-state index contributed by atoms with van der Waals surface area (Å²) in [4.78, 5) is 11.3. The van der Waals surface area contributed by atoms with Crippen LogP contribution in [-0.2, 0) is 9.22 Å². The molecule has 3 nitrogen and oxygen atoms in total. The minimum atomic E-state index is -2.18. The van der Waals surface area contributed by atoms with Gasteiger partial charge >= 0.3 is 119 Å². The third-order valence-corrected chi connectivity index (χ3v) is 9.58. The molecule has 0 saturated carbocycles. The van der Waals surface area contributed by atoms with E-state index in [-0.39, 0.29) is 17.0 Å². The van der Waals surface area contributed by atoms with E-state index >= 15 is 0 Å². The van der Waals surface area contributed by atoms with E-state index in [1.807, 2.05) is 13.0 Å². The summed E-state index contributed by atoms with van der Waals surface area (Å²) in [6.07, 6.45) is 5.34. The molecule has 4 heteroatoms. The van der Waals surface area contributed by atoms with Crippen LogP contribution in [0.25, 0.3) is 0 Å². The van der Waals surface area contributed by atoms with E-state index in [0.29, 0.717) is 12.3 Å². The van der Waals surface area contributed by atoms with Crippen LogP contribution in [0.3, 0.4) is 0 Å². The van der Waals surface area contributed by atoms with Crippen molar-refractivity contribution in [2.45, 2.75) is 71.7 Å². The van der Waals surface area contributed by atoms with Gasteiger partial charge in [-0.05, 0) is 0 Å². The Bertz CT molecular complexity index is 319. The number of carbonyl (C=O) groups excluding carboxylic acids is 1. The number of hydrogen-bond acceptors (Lipinski definition) is 2. The fraction of sp³-hybridized carbons (Fsp3) is 0.800. The van der Waals surface area contributed by atoms with Crippen LogP contribution in [0.4, 0.5) is 0 Å². The molecule has 0 aliphatic heterocycles. The molecule has 0 aliphatic rings. The van der Waals surface area contributed by atoms with Gasteiger partial charge in [-0.2, -0.15) is 0 Å². The molecule has 0 aromatic rings. The number of carbonyl (C=O) groups is 1. The number of allylic oxidation sites excluding steroid dienone is 2. The summed E-state index contributed by atoms with van der Waals surface area (Å²) in [5.41, 5.74) is 5.37. The van der Waals surface area contributed by atoms with E-state index < -0.39 is 8.32 Å². The second kappa shape index (κ2) is 7.24. The second-order valence-corrected chi connectivity index (χ2v) is 12.7. The third kappa shape index (κ3) is 6.39. The molecule has 0 rings (SSSR count). The summed E-state index contributed by atoms with van der Waals surface area (Å²) in [6, 6.07) is 0. The van der Waals surface area contributed by atoms with E-state index in [2.05, 4.69) is 46.9 Å². The molecular weight excluding hydrogens is 254 g/mol. The van der Waals surface area contributed by atoms with Crippen LogP contribution in [0, 0.1) is 5.92 Å². The Morgan fingerprint density at radius 3 is 2.26 bits per heavy atom. The second-order valence-electron chi connectivity index (χ2n) is 7.24. The Morgan fingerprint density at radius 2 is 1.89 bits per heavy atom. The van der Waals surface area contributed by atoms with E-state index in [1.165, 1.54) is 0 Å². The quantitative estimate of drug-likeness (QED) is 0.574. The summed E-state index contributed by atoms with van der Waals surface area (Å²) >= 11 is 0. The Kier molecular flexibility index (Phi) is 7.01. The van der Waals surface area contributed by atoms with Crippen molar-refractivity contribution in [1.82, 2.24) is 0 Å². The van der Waals surface area contributed by atoms with E-state index in [1.54, 1.807) is 0 Å². The van der Waals surface area contributed by atoms with Gasteiger partial charge in [-0.25, -0.2) is 0 Å². The molecule has 0 aromatic heterocycles. The number of amides is 1. The van der Waals surface area contributed by atoms with Crippen LogP contribution in [0.2, 0.25) is 18.1 Å². The summed E-state index contributed by atoms with van der Waals surface area (Å²) in [7, 11) is -2.18. The van der Waals surface area contributed by atoms with Gasteiger partial charge < -0.3 is 0 Å². The van der Waals surface area contributed by atoms with Gasteiger partial charge in [0.25, 0.3) is 0 Å². The normalized spacial score (nSPS) is 17.4. The molecule has 2 N–H and O–H groups in total. The van der Waals surface area contributed by atoms with Gasteiger partial charge in [0.15, 0.2) is 0 Å². The van der Waals surface area contributed by atoms with E-state index in [9.17, 15) is 4.79 Å². The predicted molar refractivity (Wildman–Crippen MR) is 85.9 cm³/mol. The van der Waals surface area contributed by atoms with Gasteiger partial charge in [-0.1, -0.05) is 0 Å². The van der Waals surface area contributed by atoms with Gasteiger partial charge in [-0.15, -0.1) is 0 Å². The minimum absolute atomic E-state index is 0.0621. The zero-order valence-corrected chi connectivity index (χ0v) is 14.8. The van der Waals surface area contributed by atoms with Crippen molar-refractivity contribution in [2.75, 3.05) is 0 Å². The first-order valence-corrected chi connectivity index (χ1v) is 10.7. The molecule has 0 radical (unpaired) electrons. The van der Waals surface area contributed by atoms with Gasteiger partial charge in [0.2, 0.25) is 0 Å². The molecule has 0 spiro atoms. The maximum absolute atomic E-state index is 11.3. The summed E-state index contributed by atoms with van der Waals surface area (Å²) in [5.74, 6) is 0.0335. The van der Waals surface area contributed by atoms with Gasteiger partial charge in [0, 0.05) is 0 Å². The topological polar surface area (TPSA) is 52.3 Å². The van der Waals surface area contributed by atoms with Crippen molar-refractivity contribution in [3.8, 4) is 0 Å². The fourth-order valence-corrected chi connectivity index (χ4v) is 3.37. The van der Waals surface area contributed by atoms with Crippen LogP contribution < -0.4 is 5.73 Å². The molecule has 0 fully saturated rings. The standard InChI is InChI=1S/C15H32NO2Si/c1-8-9-10-12(2)13(11-14(16)17)18-19(6,7)15(3,4)5/h8-9,12-13,19H,10-11H2,1-7H3,(H2,16,17)/q-1/b9-8+/t12?,13-/m0/s1. The van der Waals surface area contributed by atoms with Gasteiger partial charge in [-0.3, -0.25) is 0 Å². The van der Waals surface area contributed by atoms with E-state index in [4.69, 9.17) is 10.2 Å². The Balaban J connectivity index is 4.91. The van der Waals surface area contributed by atoms with Gasteiger partial charge in [0.1, 0.15) is 0 Å². The summed E-state index contributed by atoms with van der Waals surface area (Å²) in [6.45, 7) is 15.3. The zero-order chi connectivity index (χ0) is 15.3. The first kappa shape index (κ1) is 18.4. The number of nitrogens with two attached hydrogens (primary N) is 1. The Labute approximate surface area is 119 Å². The van der Waals surface area contributed by atoms with Crippen molar-refractivity contribution < 1.29 is 9.22 Å². The van der Waals surface area contributed by atoms with Crippen LogP contribution in [-0.4, -0.2) is 20.3 Å². The number of rotatable bonds is 7. The molecule has 19 heavy (non-hydrogen) atoms. The summed E-state index contributed by atoms with van der Waals surface area (Å²) < 4.78 is 6.40. The Hall–Kier alpha value is -0.613. The average Bonchev–Trinajstić information content (AvgIpc) is 2.22. The van der Waals surface area contributed by atoms with Crippen molar-refractivity contribution in [2.24, 2.45) is 11.7 Å². The van der Waals surface area contributed by atoms with Crippen molar-refractivity contribution in [3.63, 3.8) is 0 Å². The SMILES string of the molecule is C/C=C/CC(C)[C@H](CC(N)=O)O[SiH-](C)(C)C(C)(C)C. The molecule has 0 saturated heterocycles. The molecule has 0 aliphatic carbocycles. The fourth-order valence-electron chi connectivity index (χ4n) is 1.73.